The topological polar surface area (TPSA) is 25.8 Å². The summed E-state index contributed by atoms with van der Waals surface area (Å²) in [6.45, 7) is 4.18. The lowest BCUT2D eigenvalue weighted by Gasteiger charge is -2.05. The summed E-state index contributed by atoms with van der Waals surface area (Å²) in [4.78, 5) is 8.76. The maximum atomic E-state index is 4.39. The molecule has 2 nitrogen and oxygen atoms in total. The highest BCUT2D eigenvalue weighted by atomic mass is 79.9. The highest BCUT2D eigenvalue weighted by Crippen LogP contribution is 2.21. The lowest BCUT2D eigenvalue weighted by atomic mass is 10.1. The summed E-state index contributed by atoms with van der Waals surface area (Å²) in [5.74, 6) is 0. The minimum Gasteiger partial charge on any atom is -0.227 e. The van der Waals surface area contributed by atoms with Gasteiger partial charge in [0.25, 0.3) is 0 Å². The number of benzene rings is 1. The molecule has 1 heterocycles. The van der Waals surface area contributed by atoms with Gasteiger partial charge in [-0.1, -0.05) is 25.1 Å². The van der Waals surface area contributed by atoms with Crippen molar-refractivity contribution in [2.45, 2.75) is 20.3 Å². The summed E-state index contributed by atoms with van der Waals surface area (Å²) in [7, 11) is 0. The van der Waals surface area contributed by atoms with E-state index in [1.807, 2.05) is 6.07 Å². The van der Waals surface area contributed by atoms with Crippen molar-refractivity contribution in [3.63, 3.8) is 0 Å². The number of rotatable bonds is 1. The van der Waals surface area contributed by atoms with E-state index in [4.69, 9.17) is 0 Å². The third kappa shape index (κ3) is 1.52. The average Bonchev–Trinajstić information content (AvgIpc) is 2.18. The summed E-state index contributed by atoms with van der Waals surface area (Å²) in [6, 6.07) is 6.20. The van der Waals surface area contributed by atoms with Crippen molar-refractivity contribution in [2.75, 3.05) is 0 Å². The maximum Gasteiger partial charge on any atom is 0.197 e. The molecule has 1 aromatic heterocycles. The first-order valence-corrected chi connectivity index (χ1v) is 5.43. The van der Waals surface area contributed by atoms with Crippen LogP contribution in [0, 0.1) is 6.92 Å². The first kappa shape index (κ1) is 9.59. The van der Waals surface area contributed by atoms with Gasteiger partial charge in [-0.05, 0) is 34.8 Å². The lowest BCUT2D eigenvalue weighted by molar-refractivity contribution is 1.00. The minimum atomic E-state index is 0.677. The highest BCUT2D eigenvalue weighted by molar-refractivity contribution is 9.10. The Morgan fingerprint density at radius 3 is 2.79 bits per heavy atom. The van der Waals surface area contributed by atoms with Crippen molar-refractivity contribution in [3.05, 3.63) is 34.2 Å². The van der Waals surface area contributed by atoms with Crippen LogP contribution in [0.3, 0.4) is 0 Å². The van der Waals surface area contributed by atoms with Crippen molar-refractivity contribution in [1.82, 2.24) is 9.97 Å². The first-order chi connectivity index (χ1) is 6.72. The molecule has 0 saturated heterocycles. The number of halogens is 1. The van der Waals surface area contributed by atoms with E-state index in [1.54, 1.807) is 0 Å². The second-order valence-corrected chi connectivity index (χ2v) is 3.97. The summed E-state index contributed by atoms with van der Waals surface area (Å²) < 4.78 is 0.677. The van der Waals surface area contributed by atoms with E-state index in [9.17, 15) is 0 Å². The number of nitrogens with zero attached hydrogens (tertiary/aromatic N) is 2. The van der Waals surface area contributed by atoms with Gasteiger partial charge in [-0.2, -0.15) is 0 Å². The molecule has 1 aromatic carbocycles. The molecule has 0 bridgehead atoms. The van der Waals surface area contributed by atoms with Crippen LogP contribution in [-0.4, -0.2) is 9.97 Å². The van der Waals surface area contributed by atoms with E-state index in [-0.39, 0.29) is 0 Å². The van der Waals surface area contributed by atoms with E-state index in [2.05, 4.69) is 51.9 Å². The number of aryl methyl sites for hydroxylation is 2. The molecule has 0 unspecified atom stereocenters. The molecule has 0 aliphatic heterocycles. The van der Waals surface area contributed by atoms with E-state index < -0.39 is 0 Å². The van der Waals surface area contributed by atoms with Gasteiger partial charge in [0.15, 0.2) is 4.73 Å². The van der Waals surface area contributed by atoms with E-state index in [0.717, 1.165) is 23.0 Å². The zero-order valence-electron chi connectivity index (χ0n) is 8.21. The van der Waals surface area contributed by atoms with Crippen LogP contribution in [-0.2, 0) is 6.42 Å². The third-order valence-electron chi connectivity index (χ3n) is 2.31. The molecule has 0 N–H and O–H groups in total. The molecule has 0 saturated carbocycles. The fourth-order valence-electron chi connectivity index (χ4n) is 1.60. The molecular formula is C11H11BrN2. The molecule has 0 atom stereocenters. The predicted molar refractivity (Wildman–Crippen MR) is 61.4 cm³/mol. The molecule has 2 rings (SSSR count). The van der Waals surface area contributed by atoms with Crippen LogP contribution in [0.15, 0.2) is 22.9 Å². The van der Waals surface area contributed by atoms with E-state index in [0.29, 0.717) is 4.73 Å². The molecule has 3 heteroatoms. The van der Waals surface area contributed by atoms with Gasteiger partial charge < -0.3 is 0 Å². The van der Waals surface area contributed by atoms with Crippen molar-refractivity contribution in [3.8, 4) is 0 Å². The molecule has 0 spiro atoms. The van der Waals surface area contributed by atoms with Crippen LogP contribution in [0.25, 0.3) is 10.9 Å². The maximum absolute atomic E-state index is 4.39. The fourth-order valence-corrected chi connectivity index (χ4v) is 1.99. The molecule has 14 heavy (non-hydrogen) atoms. The van der Waals surface area contributed by atoms with Crippen LogP contribution in [0.5, 0.6) is 0 Å². The number of aromatic nitrogens is 2. The Hall–Kier alpha value is -0.960. The van der Waals surface area contributed by atoms with Gasteiger partial charge in [0.2, 0.25) is 0 Å². The van der Waals surface area contributed by atoms with Gasteiger partial charge in [-0.25, -0.2) is 9.97 Å². The predicted octanol–water partition coefficient (Wildman–Crippen LogP) is 3.26. The van der Waals surface area contributed by atoms with E-state index in [1.165, 1.54) is 5.56 Å². The van der Waals surface area contributed by atoms with Crippen molar-refractivity contribution < 1.29 is 0 Å². The zero-order chi connectivity index (χ0) is 10.1. The van der Waals surface area contributed by atoms with Gasteiger partial charge in [0, 0.05) is 5.39 Å². The van der Waals surface area contributed by atoms with Crippen LogP contribution in [0.2, 0.25) is 0 Å². The summed E-state index contributed by atoms with van der Waals surface area (Å²) in [6.07, 6.45) is 0.932. The largest absolute Gasteiger partial charge is 0.227 e. The number of para-hydroxylation sites is 1. The van der Waals surface area contributed by atoms with Crippen LogP contribution in [0.4, 0.5) is 0 Å². The minimum absolute atomic E-state index is 0.677. The number of fused-ring (bicyclic) bond motifs is 1. The monoisotopic (exact) mass is 250 g/mol. The average molecular weight is 251 g/mol. The lowest BCUT2D eigenvalue weighted by Crippen LogP contribution is -1.95. The number of hydrogen-bond acceptors (Lipinski definition) is 2. The normalized spacial score (nSPS) is 10.8. The van der Waals surface area contributed by atoms with Gasteiger partial charge >= 0.3 is 0 Å². The van der Waals surface area contributed by atoms with Crippen LogP contribution >= 0.6 is 15.9 Å². The third-order valence-corrected chi connectivity index (χ3v) is 2.67. The Bertz CT molecular complexity index is 480. The standard InChI is InChI=1S/C11H11BrN2/c1-3-9-8-6-4-5-7(2)10(8)14-11(12)13-9/h4-6H,3H2,1-2H3. The number of hydrogen-bond donors (Lipinski definition) is 0. The smallest absolute Gasteiger partial charge is 0.197 e. The second kappa shape index (κ2) is 3.65. The molecule has 0 radical (unpaired) electrons. The molecule has 72 valence electrons. The van der Waals surface area contributed by atoms with Crippen LogP contribution < -0.4 is 0 Å². The summed E-state index contributed by atoms with van der Waals surface area (Å²) >= 11 is 3.34. The van der Waals surface area contributed by atoms with Gasteiger partial charge in [0.05, 0.1) is 11.2 Å². The Labute approximate surface area is 91.5 Å². The van der Waals surface area contributed by atoms with Crippen molar-refractivity contribution in [2.24, 2.45) is 0 Å². The van der Waals surface area contributed by atoms with Crippen molar-refractivity contribution in [1.29, 1.82) is 0 Å². The molecule has 0 fully saturated rings. The Morgan fingerprint density at radius 1 is 1.29 bits per heavy atom. The molecule has 0 amide bonds. The summed E-state index contributed by atoms with van der Waals surface area (Å²) in [5.41, 5.74) is 3.34. The highest BCUT2D eigenvalue weighted by Gasteiger charge is 2.05. The molecule has 2 aromatic rings. The summed E-state index contributed by atoms with van der Waals surface area (Å²) in [5, 5.41) is 1.16. The Kier molecular flexibility index (Phi) is 2.50. The second-order valence-electron chi connectivity index (χ2n) is 3.26. The quantitative estimate of drug-likeness (QED) is 0.727. The molecular weight excluding hydrogens is 240 g/mol. The Balaban J connectivity index is 2.87. The molecule has 0 aliphatic rings. The first-order valence-electron chi connectivity index (χ1n) is 4.64. The fraction of sp³-hybridized carbons (Fsp3) is 0.273. The van der Waals surface area contributed by atoms with Crippen LogP contribution in [0.1, 0.15) is 18.2 Å². The Morgan fingerprint density at radius 2 is 2.07 bits per heavy atom. The van der Waals surface area contributed by atoms with Gasteiger partial charge in [0.1, 0.15) is 0 Å². The van der Waals surface area contributed by atoms with Gasteiger partial charge in [-0.15, -0.1) is 0 Å². The van der Waals surface area contributed by atoms with E-state index >= 15 is 0 Å². The van der Waals surface area contributed by atoms with Crippen molar-refractivity contribution >= 4 is 26.8 Å². The SMILES string of the molecule is CCc1nc(Br)nc2c(C)cccc12. The molecule has 0 aliphatic carbocycles. The van der Waals surface area contributed by atoms with Gasteiger partial charge in [-0.3, -0.25) is 0 Å². The zero-order valence-corrected chi connectivity index (χ0v) is 9.80.